The molecule has 3 nitrogen and oxygen atoms in total. The van der Waals surface area contributed by atoms with Gasteiger partial charge in [-0.25, -0.2) is 0 Å². The first-order valence-corrected chi connectivity index (χ1v) is 12.4. The Labute approximate surface area is 175 Å². The van der Waals surface area contributed by atoms with Gasteiger partial charge in [-0.15, -0.1) is 0 Å². The molecule has 1 aliphatic rings. The summed E-state index contributed by atoms with van der Waals surface area (Å²) in [4.78, 5) is 15.8. The summed E-state index contributed by atoms with van der Waals surface area (Å²) in [6.45, 7) is 6.65. The number of hydrogen-bond acceptors (Lipinski definition) is 2. The summed E-state index contributed by atoms with van der Waals surface area (Å²) in [5.74, 6) is -0.0790. The maximum absolute atomic E-state index is 12.0. The van der Waals surface area contributed by atoms with Crippen molar-refractivity contribution >= 4 is 12.3 Å². The number of carbonyl (C=O) groups is 1. The Morgan fingerprint density at radius 3 is 1.54 bits per heavy atom. The van der Waals surface area contributed by atoms with E-state index in [1.807, 2.05) is 0 Å². The molecular formula is C25H47NO2. The Morgan fingerprint density at radius 2 is 1.18 bits per heavy atom. The van der Waals surface area contributed by atoms with Crippen LogP contribution in [0.1, 0.15) is 136 Å². The number of carbonyl (C=O) groups excluding carboxylic acids is 1. The largest absolute Gasteiger partial charge is 0.469 e. The van der Waals surface area contributed by atoms with Gasteiger partial charge >= 0.3 is 0 Å². The molecule has 0 saturated heterocycles. The van der Waals surface area contributed by atoms with Crippen LogP contribution in [0.4, 0.5) is 0 Å². The second kappa shape index (κ2) is 16.0. The van der Waals surface area contributed by atoms with Crippen LogP contribution < -0.4 is 0 Å². The lowest BCUT2D eigenvalue weighted by atomic mass is 9.72. The predicted molar refractivity (Wildman–Crippen MR) is 121 cm³/mol. The lowest BCUT2D eigenvalue weighted by Gasteiger charge is -2.35. The fraction of sp³-hybridized carbons (Fsp3) is 0.920. The lowest BCUT2D eigenvalue weighted by Crippen LogP contribution is -2.39. The molecule has 0 aromatic rings. The van der Waals surface area contributed by atoms with Crippen LogP contribution in [0.2, 0.25) is 0 Å². The van der Waals surface area contributed by atoms with Crippen LogP contribution >= 0.6 is 0 Å². The zero-order valence-corrected chi connectivity index (χ0v) is 19.1. The summed E-state index contributed by atoms with van der Waals surface area (Å²) >= 11 is 0. The van der Waals surface area contributed by atoms with E-state index in [0.717, 1.165) is 19.3 Å². The van der Waals surface area contributed by atoms with Crippen molar-refractivity contribution in [2.45, 2.75) is 142 Å². The molecule has 1 rings (SSSR count). The third-order valence-corrected chi connectivity index (χ3v) is 6.84. The van der Waals surface area contributed by atoms with E-state index < -0.39 is 0 Å². The number of ether oxygens (including phenoxy) is 1. The smallest absolute Gasteiger partial charge is 0.290 e. The van der Waals surface area contributed by atoms with Gasteiger partial charge in [0, 0.05) is 5.41 Å². The summed E-state index contributed by atoms with van der Waals surface area (Å²) in [5, 5.41) is 0. The molecule has 28 heavy (non-hydrogen) atoms. The van der Waals surface area contributed by atoms with Gasteiger partial charge in [-0.2, -0.15) is 4.99 Å². The molecule has 0 aliphatic carbocycles. The second-order valence-corrected chi connectivity index (χ2v) is 8.86. The van der Waals surface area contributed by atoms with E-state index in [0.29, 0.717) is 0 Å². The second-order valence-electron chi connectivity index (χ2n) is 8.86. The highest BCUT2D eigenvalue weighted by Crippen LogP contribution is 2.39. The minimum absolute atomic E-state index is 0.0237. The molecule has 1 aliphatic heterocycles. The molecule has 1 heterocycles. The zero-order valence-electron chi connectivity index (χ0n) is 19.1. The van der Waals surface area contributed by atoms with E-state index in [1.165, 1.54) is 103 Å². The van der Waals surface area contributed by atoms with E-state index in [4.69, 9.17) is 4.74 Å². The number of rotatable bonds is 19. The topological polar surface area (TPSA) is 38.7 Å². The Kier molecular flexibility index (Phi) is 14.4. The number of nitrogens with zero attached hydrogens (tertiary/aromatic N) is 1. The highest BCUT2D eigenvalue weighted by molar-refractivity contribution is 5.92. The van der Waals surface area contributed by atoms with E-state index in [2.05, 4.69) is 25.8 Å². The molecule has 1 amide bonds. The van der Waals surface area contributed by atoms with Crippen molar-refractivity contribution in [2.24, 2.45) is 10.4 Å². The molecule has 1 atom stereocenters. The first kappa shape index (κ1) is 25.2. The van der Waals surface area contributed by atoms with Gasteiger partial charge in [0.1, 0.15) is 0 Å². The number of unbranched alkanes of at least 4 members (excludes halogenated alkanes) is 14. The molecule has 0 saturated carbocycles. The Hall–Kier alpha value is -0.860. The van der Waals surface area contributed by atoms with Gasteiger partial charge in [0.25, 0.3) is 5.91 Å². The molecule has 0 N–H and O–H groups in total. The van der Waals surface area contributed by atoms with E-state index in [9.17, 15) is 4.79 Å². The molecule has 164 valence electrons. The van der Waals surface area contributed by atoms with Crippen LogP contribution in [0, 0.1) is 5.41 Å². The third-order valence-electron chi connectivity index (χ3n) is 6.84. The van der Waals surface area contributed by atoms with E-state index in [-0.39, 0.29) is 17.4 Å². The van der Waals surface area contributed by atoms with Crippen LogP contribution in [0.5, 0.6) is 0 Å². The molecule has 0 spiro atoms. The highest BCUT2D eigenvalue weighted by atomic mass is 16.5. The molecular weight excluding hydrogens is 346 g/mol. The van der Waals surface area contributed by atoms with Crippen molar-refractivity contribution < 1.29 is 9.53 Å². The summed E-state index contributed by atoms with van der Waals surface area (Å²) in [6, 6.07) is 0. The average Bonchev–Trinajstić information content (AvgIpc) is 3.15. The normalized spacial score (nSPS) is 16.7. The van der Waals surface area contributed by atoms with Crippen molar-refractivity contribution in [3.63, 3.8) is 0 Å². The Balaban J connectivity index is 1.96. The molecule has 0 aromatic heterocycles. The minimum atomic E-state index is -0.339. The first-order chi connectivity index (χ1) is 13.7. The van der Waals surface area contributed by atoms with Crippen molar-refractivity contribution in [1.29, 1.82) is 0 Å². The fourth-order valence-electron chi connectivity index (χ4n) is 4.63. The van der Waals surface area contributed by atoms with Gasteiger partial charge in [0.05, 0.1) is 0 Å². The van der Waals surface area contributed by atoms with Crippen LogP contribution in [-0.4, -0.2) is 18.4 Å². The number of hydrogen-bond donors (Lipinski definition) is 0. The van der Waals surface area contributed by atoms with Crippen LogP contribution in [0.3, 0.4) is 0 Å². The molecule has 3 heteroatoms. The SMILES string of the molecule is CCCCCCCCCCCCCCCCCC(CC)(CC)C1OC=NC1=O. The van der Waals surface area contributed by atoms with Crippen LogP contribution in [0.25, 0.3) is 0 Å². The van der Waals surface area contributed by atoms with Crippen LogP contribution in [0.15, 0.2) is 4.99 Å². The standard InChI is InChI=1S/C25H47NO2/c1-4-7-8-9-10-11-12-13-14-15-16-17-18-19-20-21-25(5-2,6-3)23-24(27)26-22-28-23/h22-23H,4-21H2,1-3H3. The lowest BCUT2D eigenvalue weighted by molar-refractivity contribution is -0.129. The van der Waals surface area contributed by atoms with Gasteiger partial charge in [0.15, 0.2) is 12.5 Å². The molecule has 0 aromatic carbocycles. The van der Waals surface area contributed by atoms with Gasteiger partial charge in [-0.3, -0.25) is 4.79 Å². The average molecular weight is 394 g/mol. The van der Waals surface area contributed by atoms with Crippen molar-refractivity contribution in [2.75, 3.05) is 0 Å². The van der Waals surface area contributed by atoms with Gasteiger partial charge < -0.3 is 4.74 Å². The predicted octanol–water partition coefficient (Wildman–Crippen LogP) is 8.01. The monoisotopic (exact) mass is 393 g/mol. The van der Waals surface area contributed by atoms with E-state index >= 15 is 0 Å². The molecule has 0 fully saturated rings. The number of aliphatic imine (C=N–C) groups is 1. The molecule has 1 unspecified atom stereocenters. The van der Waals surface area contributed by atoms with Crippen molar-refractivity contribution in [3.05, 3.63) is 0 Å². The maximum Gasteiger partial charge on any atom is 0.290 e. The Bertz CT molecular complexity index is 415. The minimum Gasteiger partial charge on any atom is -0.469 e. The first-order valence-electron chi connectivity index (χ1n) is 12.4. The van der Waals surface area contributed by atoms with Gasteiger partial charge in [-0.05, 0) is 19.3 Å². The molecule has 0 radical (unpaired) electrons. The number of amides is 1. The van der Waals surface area contributed by atoms with Gasteiger partial charge in [0.2, 0.25) is 0 Å². The quantitative estimate of drug-likeness (QED) is 0.208. The summed E-state index contributed by atoms with van der Waals surface area (Å²) in [7, 11) is 0. The summed E-state index contributed by atoms with van der Waals surface area (Å²) in [6.07, 6.45) is 24.9. The van der Waals surface area contributed by atoms with Crippen LogP contribution in [-0.2, 0) is 9.53 Å². The van der Waals surface area contributed by atoms with Crippen molar-refractivity contribution in [3.8, 4) is 0 Å². The fourth-order valence-corrected chi connectivity index (χ4v) is 4.63. The summed E-state index contributed by atoms with van der Waals surface area (Å²) < 4.78 is 5.55. The highest BCUT2D eigenvalue weighted by Gasteiger charge is 2.43. The summed E-state index contributed by atoms with van der Waals surface area (Å²) in [5.41, 5.74) is -0.0237. The Morgan fingerprint density at radius 1 is 0.750 bits per heavy atom. The van der Waals surface area contributed by atoms with E-state index in [1.54, 1.807) is 0 Å². The zero-order chi connectivity index (χ0) is 20.5. The molecule has 0 bridgehead atoms. The maximum atomic E-state index is 12.0. The third kappa shape index (κ3) is 9.56. The van der Waals surface area contributed by atoms with Crippen molar-refractivity contribution in [1.82, 2.24) is 0 Å². The van der Waals surface area contributed by atoms with Gasteiger partial charge in [-0.1, -0.05) is 117 Å².